The van der Waals surface area contributed by atoms with Crippen LogP contribution in [-0.2, 0) is 7.05 Å². The number of aryl methyl sites for hydroxylation is 1. The van der Waals surface area contributed by atoms with Gasteiger partial charge in [0, 0.05) is 16.7 Å². The number of ether oxygens (including phenoxy) is 1. The molecule has 4 aromatic rings. The van der Waals surface area contributed by atoms with Crippen molar-refractivity contribution >= 4 is 35.3 Å². The molecule has 3 aromatic carbocycles. The zero-order valence-electron chi connectivity index (χ0n) is 17.9. The van der Waals surface area contributed by atoms with Crippen LogP contribution in [0.5, 0.6) is 5.75 Å². The maximum atomic E-state index is 5.73. The lowest BCUT2D eigenvalue weighted by molar-refractivity contribution is -0.657. The van der Waals surface area contributed by atoms with Crippen molar-refractivity contribution in [3.8, 4) is 16.9 Å². The Morgan fingerprint density at radius 2 is 1.55 bits per heavy atom. The molecule has 0 amide bonds. The van der Waals surface area contributed by atoms with Gasteiger partial charge in [0.15, 0.2) is 0 Å². The highest BCUT2D eigenvalue weighted by atomic mass is 16.5. The highest BCUT2D eigenvalue weighted by Gasteiger charge is 2.56. The van der Waals surface area contributed by atoms with Gasteiger partial charge in [-0.15, -0.1) is 0 Å². The summed E-state index contributed by atoms with van der Waals surface area (Å²) in [4.78, 5) is 4.94. The molecular weight excluding hydrogens is 381 g/mol. The summed E-state index contributed by atoms with van der Waals surface area (Å²) in [6, 6.07) is 28.1. The molecule has 3 heterocycles. The highest BCUT2D eigenvalue weighted by Crippen LogP contribution is 2.52. The van der Waals surface area contributed by atoms with Crippen LogP contribution in [-0.4, -0.2) is 14.1 Å². The van der Waals surface area contributed by atoms with Crippen LogP contribution in [0.2, 0.25) is 0 Å². The molecule has 2 aliphatic rings. The minimum Gasteiger partial charge on any atom is -0.496 e. The van der Waals surface area contributed by atoms with Crippen molar-refractivity contribution in [2.24, 2.45) is 7.05 Å². The van der Waals surface area contributed by atoms with Crippen molar-refractivity contribution in [1.82, 2.24) is 0 Å². The molecule has 0 N–H and O–H groups in total. The molecule has 0 fully saturated rings. The van der Waals surface area contributed by atoms with E-state index in [9.17, 15) is 0 Å². The van der Waals surface area contributed by atoms with Crippen molar-refractivity contribution in [3.05, 3.63) is 90.6 Å². The van der Waals surface area contributed by atoms with E-state index < -0.39 is 0 Å². The van der Waals surface area contributed by atoms with Crippen molar-refractivity contribution < 1.29 is 9.30 Å². The second-order valence-corrected chi connectivity index (χ2v) is 8.15. The van der Waals surface area contributed by atoms with Crippen molar-refractivity contribution in [3.63, 3.8) is 0 Å². The monoisotopic (exact) mass is 404 g/mol. The molecule has 0 aliphatic carbocycles. The third kappa shape index (κ3) is 2.40. The molecule has 5 heteroatoms. The summed E-state index contributed by atoms with van der Waals surface area (Å²) in [5, 5.41) is 0. The molecule has 0 unspecified atom stereocenters. The third-order valence-corrected chi connectivity index (χ3v) is 6.51. The van der Waals surface area contributed by atoms with Gasteiger partial charge < -0.3 is 9.55 Å². The van der Waals surface area contributed by atoms with Gasteiger partial charge in [0.05, 0.1) is 31.6 Å². The fraction of sp³-hybridized carbons (Fsp3) is 0.115. The lowest BCUT2D eigenvalue weighted by atomic mass is 9.60. The van der Waals surface area contributed by atoms with E-state index in [-0.39, 0.29) is 6.98 Å². The van der Waals surface area contributed by atoms with Crippen LogP contribution in [0.25, 0.3) is 11.1 Å². The number of rotatable bonds is 2. The van der Waals surface area contributed by atoms with E-state index in [1.165, 1.54) is 39.5 Å². The Bertz CT molecular complexity index is 1320. The normalized spacial score (nSPS) is 13.5. The Hall–Kier alpha value is -3.73. The number of benzene rings is 3. The molecule has 0 bridgehead atoms. The number of hydrogen-bond donors (Lipinski definition) is 0. The van der Waals surface area contributed by atoms with Gasteiger partial charge in [-0.25, -0.2) is 4.57 Å². The first-order valence-corrected chi connectivity index (χ1v) is 10.6. The maximum Gasteiger partial charge on any atom is 0.543 e. The second-order valence-electron chi connectivity index (χ2n) is 8.15. The Labute approximate surface area is 183 Å². The van der Waals surface area contributed by atoms with Crippen LogP contribution in [0.3, 0.4) is 0 Å². The Balaban J connectivity index is 1.74. The van der Waals surface area contributed by atoms with Gasteiger partial charge in [-0.3, -0.25) is 4.81 Å². The Morgan fingerprint density at radius 3 is 2.35 bits per heavy atom. The molecule has 0 atom stereocenters. The predicted octanol–water partition coefficient (Wildman–Crippen LogP) is 4.49. The lowest BCUT2D eigenvalue weighted by Gasteiger charge is -2.31. The first kappa shape index (κ1) is 18.1. The maximum absolute atomic E-state index is 5.73. The highest BCUT2D eigenvalue weighted by molar-refractivity contribution is 6.86. The van der Waals surface area contributed by atoms with Crippen LogP contribution in [0.4, 0.5) is 22.9 Å². The van der Waals surface area contributed by atoms with Crippen LogP contribution in [0, 0.1) is 6.92 Å². The van der Waals surface area contributed by atoms with Gasteiger partial charge >= 0.3 is 6.98 Å². The van der Waals surface area contributed by atoms with Gasteiger partial charge in [-0.2, -0.15) is 0 Å². The van der Waals surface area contributed by atoms with E-state index in [0.717, 1.165) is 11.3 Å². The molecule has 2 aliphatic heterocycles. The fourth-order valence-electron chi connectivity index (χ4n) is 5.21. The predicted molar refractivity (Wildman–Crippen MR) is 127 cm³/mol. The smallest absolute Gasteiger partial charge is 0.496 e. The summed E-state index contributed by atoms with van der Waals surface area (Å²) >= 11 is 0. The van der Waals surface area contributed by atoms with Gasteiger partial charge in [-0.05, 0) is 48.9 Å². The van der Waals surface area contributed by atoms with E-state index in [4.69, 9.17) is 4.74 Å². The van der Waals surface area contributed by atoms with E-state index in [0.29, 0.717) is 0 Å². The van der Waals surface area contributed by atoms with Crippen LogP contribution in [0.1, 0.15) is 5.56 Å². The third-order valence-electron chi connectivity index (χ3n) is 6.51. The van der Waals surface area contributed by atoms with E-state index >= 15 is 0 Å². The molecule has 1 aromatic heterocycles. The first-order chi connectivity index (χ1) is 15.2. The number of fused-ring (bicyclic) bond motifs is 8. The zero-order chi connectivity index (χ0) is 21.1. The molecule has 0 spiro atoms. The molecule has 0 saturated carbocycles. The quantitative estimate of drug-likeness (QED) is 0.363. The average Bonchev–Trinajstić information content (AvgIpc) is 3.16. The number of nitrogens with zero attached hydrogens (tertiary/aromatic N) is 3. The zero-order valence-corrected chi connectivity index (χ0v) is 17.9. The summed E-state index contributed by atoms with van der Waals surface area (Å²) in [5.41, 5.74) is 8.56. The van der Waals surface area contributed by atoms with E-state index in [1.807, 2.05) is 0 Å². The summed E-state index contributed by atoms with van der Waals surface area (Å²) in [7, 11) is 3.87. The molecular formula is C26H23BN3O+. The van der Waals surface area contributed by atoms with Crippen molar-refractivity contribution in [1.29, 1.82) is 0 Å². The summed E-state index contributed by atoms with van der Waals surface area (Å²) < 4.78 is 7.96. The number of pyridine rings is 1. The van der Waals surface area contributed by atoms with E-state index in [2.05, 4.69) is 113 Å². The SMILES string of the molecule is COc1ccc2c(c1C)N1B(c3ccccc3-c3ccc[n+](C)c31)N2c1ccccc1. The largest absolute Gasteiger partial charge is 0.543 e. The molecule has 0 saturated heterocycles. The van der Waals surface area contributed by atoms with E-state index in [1.54, 1.807) is 7.11 Å². The van der Waals surface area contributed by atoms with Crippen molar-refractivity contribution in [2.75, 3.05) is 16.7 Å². The lowest BCUT2D eigenvalue weighted by Crippen LogP contribution is -2.58. The summed E-state index contributed by atoms with van der Waals surface area (Å²) in [5.74, 6) is 2.11. The standard InChI is InChI=1S/C26H23BN3O/c1-18-24(31-3)16-15-23-25(18)30-26-21(13-9-17-28(26)2)20-12-7-8-14-22(20)27(30)29(23)19-10-5-4-6-11-19/h4-17H,1-3H3/q+1. The minimum atomic E-state index is 0.0282. The summed E-state index contributed by atoms with van der Waals surface area (Å²) in [6.07, 6.45) is 2.13. The van der Waals surface area contributed by atoms with Gasteiger partial charge in [-0.1, -0.05) is 42.5 Å². The van der Waals surface area contributed by atoms with Gasteiger partial charge in [0.2, 0.25) is 0 Å². The van der Waals surface area contributed by atoms with Crippen molar-refractivity contribution in [2.45, 2.75) is 6.92 Å². The first-order valence-electron chi connectivity index (χ1n) is 10.6. The van der Waals surface area contributed by atoms with Gasteiger partial charge in [0.1, 0.15) is 11.4 Å². The second kappa shape index (κ2) is 6.64. The number of anilines is 4. The Kier molecular flexibility index (Phi) is 3.87. The molecule has 4 nitrogen and oxygen atoms in total. The number of hydrogen-bond acceptors (Lipinski definition) is 3. The molecule has 150 valence electrons. The average molecular weight is 404 g/mol. The van der Waals surface area contributed by atoms with Crippen LogP contribution in [0.15, 0.2) is 85.1 Å². The number of para-hydroxylation sites is 1. The number of methoxy groups -OCH3 is 1. The van der Waals surface area contributed by atoms with Crippen LogP contribution >= 0.6 is 0 Å². The Morgan fingerprint density at radius 1 is 0.806 bits per heavy atom. The molecule has 6 rings (SSSR count). The molecule has 0 radical (unpaired) electrons. The topological polar surface area (TPSA) is 19.6 Å². The summed E-state index contributed by atoms with van der Waals surface area (Å²) in [6.45, 7) is 2.19. The van der Waals surface area contributed by atoms with Crippen LogP contribution < -0.4 is 24.4 Å². The van der Waals surface area contributed by atoms with Gasteiger partial charge in [0.25, 0.3) is 5.82 Å². The molecule has 31 heavy (non-hydrogen) atoms. The fourth-order valence-corrected chi connectivity index (χ4v) is 5.21. The minimum absolute atomic E-state index is 0.0282. The number of aromatic nitrogens is 1.